The van der Waals surface area contributed by atoms with E-state index in [2.05, 4.69) is 20.6 Å². The topological polar surface area (TPSA) is 99.9 Å². The van der Waals surface area contributed by atoms with Crippen LogP contribution in [0.25, 0.3) is 0 Å². The van der Waals surface area contributed by atoms with Crippen molar-refractivity contribution >= 4 is 17.5 Å². The molecule has 0 saturated carbocycles. The Kier molecular flexibility index (Phi) is 6.38. The molecule has 0 spiro atoms. The fourth-order valence-electron chi connectivity index (χ4n) is 2.73. The molecule has 0 aliphatic rings. The van der Waals surface area contributed by atoms with Crippen molar-refractivity contribution < 1.29 is 9.53 Å². The van der Waals surface area contributed by atoms with Crippen molar-refractivity contribution in [3.8, 4) is 11.8 Å². The highest BCUT2D eigenvalue weighted by Crippen LogP contribution is 2.14. The Morgan fingerprint density at radius 1 is 1.14 bits per heavy atom. The average Bonchev–Trinajstić information content (AvgIpc) is 2.74. The number of methoxy groups -OCH3 is 1. The van der Waals surface area contributed by atoms with Crippen LogP contribution >= 0.6 is 0 Å². The fraction of sp³-hybridized carbons (Fsp3) is 0.182. The van der Waals surface area contributed by atoms with Crippen molar-refractivity contribution in [3.63, 3.8) is 0 Å². The predicted molar refractivity (Wildman–Crippen MR) is 111 cm³/mol. The molecule has 3 aromatic rings. The zero-order valence-corrected chi connectivity index (χ0v) is 16.3. The fourth-order valence-corrected chi connectivity index (χ4v) is 2.73. The summed E-state index contributed by atoms with van der Waals surface area (Å²) in [6.45, 7) is 2.43. The van der Waals surface area contributed by atoms with E-state index in [9.17, 15) is 4.79 Å². The Balaban J connectivity index is 1.63. The molecule has 1 amide bonds. The van der Waals surface area contributed by atoms with Crippen molar-refractivity contribution in [2.45, 2.75) is 13.3 Å². The third kappa shape index (κ3) is 5.53. The van der Waals surface area contributed by atoms with Crippen LogP contribution in [0.5, 0.6) is 5.75 Å². The van der Waals surface area contributed by atoms with Crippen molar-refractivity contribution in [1.82, 2.24) is 9.97 Å². The molecule has 29 heavy (non-hydrogen) atoms. The van der Waals surface area contributed by atoms with Gasteiger partial charge in [0.1, 0.15) is 11.4 Å². The number of rotatable bonds is 7. The normalized spacial score (nSPS) is 10.1. The van der Waals surface area contributed by atoms with Crippen LogP contribution in [-0.4, -0.2) is 29.5 Å². The first-order chi connectivity index (χ1) is 14.1. The van der Waals surface area contributed by atoms with E-state index >= 15 is 0 Å². The molecular formula is C22H21N5O2. The Morgan fingerprint density at radius 3 is 2.66 bits per heavy atom. The first kappa shape index (κ1) is 19.8. The molecule has 0 saturated heterocycles. The summed E-state index contributed by atoms with van der Waals surface area (Å²) in [5.74, 6) is 0.880. The number of aromatic nitrogens is 2. The molecule has 0 fully saturated rings. The second-order valence-corrected chi connectivity index (χ2v) is 6.39. The minimum Gasteiger partial charge on any atom is -0.497 e. The van der Waals surface area contributed by atoms with Gasteiger partial charge in [-0.25, -0.2) is 9.97 Å². The Bertz CT molecular complexity index is 1040. The number of hydrogen-bond donors (Lipinski definition) is 2. The van der Waals surface area contributed by atoms with Crippen LogP contribution in [-0.2, 0) is 6.42 Å². The average molecular weight is 387 g/mol. The molecule has 7 nitrogen and oxygen atoms in total. The van der Waals surface area contributed by atoms with E-state index in [1.165, 1.54) is 0 Å². The van der Waals surface area contributed by atoms with E-state index in [-0.39, 0.29) is 11.6 Å². The predicted octanol–water partition coefficient (Wildman–Crippen LogP) is 3.57. The summed E-state index contributed by atoms with van der Waals surface area (Å²) in [5.41, 5.74) is 3.21. The third-order valence-electron chi connectivity index (χ3n) is 4.19. The van der Waals surface area contributed by atoms with Crippen molar-refractivity contribution in [1.29, 1.82) is 5.26 Å². The third-order valence-corrected chi connectivity index (χ3v) is 4.19. The second kappa shape index (κ2) is 9.33. The zero-order chi connectivity index (χ0) is 20.6. The number of ether oxygens (including phenoxy) is 1. The number of anilines is 2. The number of nitriles is 1. The van der Waals surface area contributed by atoms with Crippen LogP contribution in [0.15, 0.2) is 54.6 Å². The molecular weight excluding hydrogens is 366 g/mol. The number of carbonyl (C=O) groups is 1. The molecule has 0 atom stereocenters. The quantitative estimate of drug-likeness (QED) is 0.643. The monoisotopic (exact) mass is 387 g/mol. The van der Waals surface area contributed by atoms with Gasteiger partial charge in [0.25, 0.3) is 5.91 Å². The highest BCUT2D eigenvalue weighted by Gasteiger charge is 2.11. The highest BCUT2D eigenvalue weighted by atomic mass is 16.5. The summed E-state index contributed by atoms with van der Waals surface area (Å²) in [7, 11) is 1.64. The van der Waals surface area contributed by atoms with Gasteiger partial charge in [0.05, 0.1) is 18.7 Å². The summed E-state index contributed by atoms with van der Waals surface area (Å²) in [4.78, 5) is 21.2. The molecule has 3 rings (SSSR count). The second-order valence-electron chi connectivity index (χ2n) is 6.39. The van der Waals surface area contributed by atoms with Gasteiger partial charge in [-0.15, -0.1) is 0 Å². The largest absolute Gasteiger partial charge is 0.497 e. The Labute approximate surface area is 169 Å². The number of aryl methyl sites for hydroxylation is 1. The van der Waals surface area contributed by atoms with E-state index in [4.69, 9.17) is 10.00 Å². The number of amides is 1. The first-order valence-electron chi connectivity index (χ1n) is 9.11. The van der Waals surface area contributed by atoms with Crippen LogP contribution in [0.2, 0.25) is 0 Å². The number of carbonyl (C=O) groups excluding carboxylic acids is 1. The molecule has 7 heteroatoms. The van der Waals surface area contributed by atoms with Gasteiger partial charge in [-0.1, -0.05) is 12.1 Å². The maximum atomic E-state index is 12.5. The molecule has 0 unspecified atom stereocenters. The van der Waals surface area contributed by atoms with Gasteiger partial charge >= 0.3 is 0 Å². The lowest BCUT2D eigenvalue weighted by Gasteiger charge is -2.09. The van der Waals surface area contributed by atoms with Gasteiger partial charge < -0.3 is 15.4 Å². The molecule has 1 heterocycles. The molecule has 2 aromatic carbocycles. The van der Waals surface area contributed by atoms with Crippen molar-refractivity contribution in [2.24, 2.45) is 0 Å². The van der Waals surface area contributed by atoms with Crippen molar-refractivity contribution in [3.05, 3.63) is 77.1 Å². The summed E-state index contributed by atoms with van der Waals surface area (Å²) < 4.78 is 5.23. The van der Waals surface area contributed by atoms with Crippen LogP contribution in [0.3, 0.4) is 0 Å². The van der Waals surface area contributed by atoms with Crippen LogP contribution < -0.4 is 15.4 Å². The smallest absolute Gasteiger partial charge is 0.274 e. The maximum Gasteiger partial charge on any atom is 0.274 e. The highest BCUT2D eigenvalue weighted by molar-refractivity contribution is 6.03. The van der Waals surface area contributed by atoms with E-state index < -0.39 is 0 Å². The van der Waals surface area contributed by atoms with E-state index in [1.807, 2.05) is 37.3 Å². The molecule has 0 bridgehead atoms. The molecule has 0 aliphatic heterocycles. The number of benzene rings is 2. The lowest BCUT2D eigenvalue weighted by Crippen LogP contribution is -2.17. The molecule has 0 radical (unpaired) electrons. The van der Waals surface area contributed by atoms with Gasteiger partial charge in [0.2, 0.25) is 5.95 Å². The van der Waals surface area contributed by atoms with E-state index in [0.717, 1.165) is 17.7 Å². The summed E-state index contributed by atoms with van der Waals surface area (Å²) in [6, 6.07) is 18.2. The molecule has 146 valence electrons. The van der Waals surface area contributed by atoms with Gasteiger partial charge in [0.15, 0.2) is 0 Å². The Hall–Kier alpha value is -3.92. The summed E-state index contributed by atoms with van der Waals surface area (Å²) >= 11 is 0. The van der Waals surface area contributed by atoms with Gasteiger partial charge in [0, 0.05) is 17.9 Å². The maximum absolute atomic E-state index is 12.5. The molecule has 1 aromatic heterocycles. The van der Waals surface area contributed by atoms with E-state index in [0.29, 0.717) is 29.4 Å². The van der Waals surface area contributed by atoms with Crippen LogP contribution in [0.4, 0.5) is 11.6 Å². The lowest BCUT2D eigenvalue weighted by molar-refractivity contribution is 0.102. The van der Waals surface area contributed by atoms with Gasteiger partial charge in [-0.05, 0) is 61.4 Å². The minimum absolute atomic E-state index is 0.269. The first-order valence-corrected chi connectivity index (χ1v) is 9.11. The van der Waals surface area contributed by atoms with Gasteiger partial charge in [-0.2, -0.15) is 5.26 Å². The lowest BCUT2D eigenvalue weighted by atomic mass is 10.1. The number of nitrogens with one attached hydrogen (secondary N) is 2. The number of nitrogens with zero attached hydrogens (tertiary/aromatic N) is 3. The number of hydrogen-bond acceptors (Lipinski definition) is 6. The minimum atomic E-state index is -0.337. The Morgan fingerprint density at radius 2 is 1.93 bits per heavy atom. The summed E-state index contributed by atoms with van der Waals surface area (Å²) in [6.07, 6.45) is 0.765. The molecule has 2 N–H and O–H groups in total. The van der Waals surface area contributed by atoms with Crippen molar-refractivity contribution in [2.75, 3.05) is 24.3 Å². The van der Waals surface area contributed by atoms with Crippen LogP contribution in [0, 0.1) is 18.3 Å². The SMILES string of the molecule is COc1cccc(CCNc2nc(C)cc(C(=O)Nc3ccc(C#N)cc3)n2)c1. The summed E-state index contributed by atoms with van der Waals surface area (Å²) in [5, 5.41) is 14.8. The molecule has 0 aliphatic carbocycles. The zero-order valence-electron chi connectivity index (χ0n) is 16.3. The van der Waals surface area contributed by atoms with Crippen LogP contribution in [0.1, 0.15) is 27.3 Å². The standard InChI is InChI=1S/C22H21N5O2/c1-15-12-20(21(28)26-18-8-6-17(14-23)7-9-18)27-22(25-15)24-11-10-16-4-3-5-19(13-16)29-2/h3-9,12-13H,10-11H2,1-2H3,(H,26,28)(H,24,25,27). The van der Waals surface area contributed by atoms with Gasteiger partial charge in [-0.3, -0.25) is 4.79 Å². The van der Waals surface area contributed by atoms with E-state index in [1.54, 1.807) is 37.4 Å².